The van der Waals surface area contributed by atoms with E-state index in [0.29, 0.717) is 0 Å². The summed E-state index contributed by atoms with van der Waals surface area (Å²) in [4.78, 5) is 0. The van der Waals surface area contributed by atoms with Crippen molar-refractivity contribution in [1.29, 1.82) is 0 Å². The second-order valence-corrected chi connectivity index (χ2v) is 6.01. The fraction of sp³-hybridized carbons (Fsp3) is 0.100. The first-order chi connectivity index (χ1) is 10.8. The van der Waals surface area contributed by atoms with Crippen molar-refractivity contribution in [2.75, 3.05) is 0 Å². The first-order valence-electron chi connectivity index (χ1n) is 7.49. The zero-order chi connectivity index (χ0) is 14.8. The van der Waals surface area contributed by atoms with E-state index in [1.807, 2.05) is 30.3 Å². The van der Waals surface area contributed by atoms with Gasteiger partial charge in [0, 0.05) is 0 Å². The van der Waals surface area contributed by atoms with Crippen LogP contribution in [0.5, 0.6) is 0 Å². The predicted molar refractivity (Wildman–Crippen MR) is 88.9 cm³/mol. The lowest BCUT2D eigenvalue weighted by Crippen LogP contribution is -2.03. The Labute approximate surface area is 127 Å². The van der Waals surface area contributed by atoms with E-state index in [-0.39, 0.29) is 0 Å². The number of hydrogen-bond donors (Lipinski definition) is 2. The van der Waals surface area contributed by atoms with E-state index < -0.39 is 12.2 Å². The smallest absolute Gasteiger partial charge is 0.110 e. The third kappa shape index (κ3) is 1.36. The molecule has 1 aliphatic rings. The molecule has 2 unspecified atom stereocenters. The Morgan fingerprint density at radius 3 is 2.36 bits per heavy atom. The molecular weight excluding hydrogens is 272 g/mol. The first-order valence-corrected chi connectivity index (χ1v) is 7.49. The van der Waals surface area contributed by atoms with Crippen LogP contribution in [0.3, 0.4) is 0 Å². The van der Waals surface area contributed by atoms with Gasteiger partial charge in [-0.25, -0.2) is 0 Å². The predicted octanol–water partition coefficient (Wildman–Crippen LogP) is 4.23. The maximum atomic E-state index is 10.6. The van der Waals surface area contributed by atoms with E-state index in [1.54, 1.807) is 0 Å². The van der Waals surface area contributed by atoms with Crippen molar-refractivity contribution in [1.82, 2.24) is 0 Å². The van der Waals surface area contributed by atoms with Gasteiger partial charge < -0.3 is 10.2 Å². The van der Waals surface area contributed by atoms with E-state index in [9.17, 15) is 10.2 Å². The molecule has 1 aliphatic carbocycles. The SMILES string of the molecule is OC1c2cccc3cc4c(ccc5ccccc54)c(c23)C1O. The molecule has 0 aliphatic heterocycles. The van der Waals surface area contributed by atoms with Gasteiger partial charge in [0.2, 0.25) is 0 Å². The van der Waals surface area contributed by atoms with Crippen molar-refractivity contribution >= 4 is 32.3 Å². The molecule has 5 rings (SSSR count). The minimum atomic E-state index is -0.857. The Morgan fingerprint density at radius 2 is 1.45 bits per heavy atom. The molecule has 2 nitrogen and oxygen atoms in total. The van der Waals surface area contributed by atoms with Gasteiger partial charge in [-0.2, -0.15) is 0 Å². The topological polar surface area (TPSA) is 40.5 Å². The Morgan fingerprint density at radius 1 is 0.636 bits per heavy atom. The van der Waals surface area contributed by atoms with E-state index in [1.165, 1.54) is 10.8 Å². The zero-order valence-corrected chi connectivity index (χ0v) is 11.8. The Bertz CT molecular complexity index is 1070. The highest BCUT2D eigenvalue weighted by molar-refractivity contribution is 6.15. The second-order valence-electron chi connectivity index (χ2n) is 6.01. The lowest BCUT2D eigenvalue weighted by molar-refractivity contribution is 0.0261. The van der Waals surface area contributed by atoms with Crippen molar-refractivity contribution in [3.63, 3.8) is 0 Å². The third-order valence-corrected chi connectivity index (χ3v) is 4.87. The molecule has 2 N–H and O–H groups in total. The molecule has 0 heterocycles. The summed E-state index contributed by atoms with van der Waals surface area (Å²) in [6.45, 7) is 0. The lowest BCUT2D eigenvalue weighted by Gasteiger charge is -2.13. The summed E-state index contributed by atoms with van der Waals surface area (Å²) in [5, 5.41) is 27.5. The van der Waals surface area contributed by atoms with Crippen molar-refractivity contribution in [2.24, 2.45) is 0 Å². The van der Waals surface area contributed by atoms with Gasteiger partial charge in [-0.1, -0.05) is 54.6 Å². The maximum Gasteiger partial charge on any atom is 0.110 e. The molecule has 0 fully saturated rings. The fourth-order valence-electron chi connectivity index (χ4n) is 3.88. The summed E-state index contributed by atoms with van der Waals surface area (Å²) in [5.74, 6) is 0. The fourth-order valence-corrected chi connectivity index (χ4v) is 3.88. The second kappa shape index (κ2) is 4.07. The van der Waals surface area contributed by atoms with E-state index in [4.69, 9.17) is 0 Å². The van der Waals surface area contributed by atoms with Gasteiger partial charge in [0.1, 0.15) is 12.2 Å². The van der Waals surface area contributed by atoms with Crippen LogP contribution in [0.25, 0.3) is 32.3 Å². The van der Waals surface area contributed by atoms with Crippen molar-refractivity contribution in [3.05, 3.63) is 71.8 Å². The van der Waals surface area contributed by atoms with Crippen LogP contribution < -0.4 is 0 Å². The normalized spacial score (nSPS) is 20.3. The van der Waals surface area contributed by atoms with Crippen LogP contribution in [0.1, 0.15) is 23.3 Å². The van der Waals surface area contributed by atoms with Crippen molar-refractivity contribution in [2.45, 2.75) is 12.2 Å². The maximum absolute atomic E-state index is 10.6. The highest BCUT2D eigenvalue weighted by Crippen LogP contribution is 2.48. The van der Waals surface area contributed by atoms with Crippen LogP contribution >= 0.6 is 0 Å². The Kier molecular flexibility index (Phi) is 2.25. The summed E-state index contributed by atoms with van der Waals surface area (Å²) in [5.41, 5.74) is 1.69. The molecule has 0 aromatic heterocycles. The minimum Gasteiger partial charge on any atom is -0.385 e. The number of fused-ring (bicyclic) bond motifs is 4. The molecule has 0 spiro atoms. The van der Waals surface area contributed by atoms with Crippen molar-refractivity contribution < 1.29 is 10.2 Å². The van der Waals surface area contributed by atoms with Crippen LogP contribution in [0.15, 0.2) is 60.7 Å². The largest absolute Gasteiger partial charge is 0.385 e. The van der Waals surface area contributed by atoms with E-state index in [0.717, 1.165) is 32.7 Å². The van der Waals surface area contributed by atoms with E-state index >= 15 is 0 Å². The molecule has 4 aromatic carbocycles. The van der Waals surface area contributed by atoms with Gasteiger partial charge >= 0.3 is 0 Å². The molecule has 0 radical (unpaired) electrons. The van der Waals surface area contributed by atoms with Gasteiger partial charge in [-0.3, -0.25) is 0 Å². The monoisotopic (exact) mass is 286 g/mol. The zero-order valence-electron chi connectivity index (χ0n) is 11.8. The van der Waals surface area contributed by atoms with Crippen LogP contribution in [-0.4, -0.2) is 10.2 Å². The molecule has 2 atom stereocenters. The molecule has 22 heavy (non-hydrogen) atoms. The van der Waals surface area contributed by atoms with Crippen LogP contribution in [0.4, 0.5) is 0 Å². The van der Waals surface area contributed by atoms with Crippen LogP contribution in [0, 0.1) is 0 Å². The summed E-state index contributed by atoms with van der Waals surface area (Å²) in [7, 11) is 0. The quantitative estimate of drug-likeness (QED) is 0.375. The van der Waals surface area contributed by atoms with Gasteiger partial charge in [-0.05, 0) is 49.5 Å². The van der Waals surface area contributed by atoms with Crippen LogP contribution in [-0.2, 0) is 0 Å². The molecule has 0 bridgehead atoms. The van der Waals surface area contributed by atoms with Gasteiger partial charge in [0.05, 0.1) is 0 Å². The minimum absolute atomic E-state index is 0.829. The van der Waals surface area contributed by atoms with Crippen LogP contribution in [0.2, 0.25) is 0 Å². The number of aliphatic hydroxyl groups is 2. The third-order valence-electron chi connectivity index (χ3n) is 4.87. The lowest BCUT2D eigenvalue weighted by atomic mass is 9.94. The first kappa shape index (κ1) is 12.2. The highest BCUT2D eigenvalue weighted by Gasteiger charge is 2.33. The molecule has 0 saturated heterocycles. The number of hydrogen-bond acceptors (Lipinski definition) is 2. The standard InChI is InChI=1S/C20H14O2/c21-19-15-7-3-5-12-10-16-13-6-2-1-4-11(13)8-9-14(16)18(17(12)15)20(19)22/h1-10,19-22H. The summed E-state index contributed by atoms with van der Waals surface area (Å²) >= 11 is 0. The number of aliphatic hydroxyl groups excluding tert-OH is 2. The molecule has 4 aromatic rings. The average molecular weight is 286 g/mol. The molecule has 0 amide bonds. The Hall–Kier alpha value is -2.42. The highest BCUT2D eigenvalue weighted by atomic mass is 16.3. The van der Waals surface area contributed by atoms with Gasteiger partial charge in [0.25, 0.3) is 0 Å². The average Bonchev–Trinajstić information content (AvgIpc) is 2.82. The number of benzene rings is 4. The number of rotatable bonds is 0. The van der Waals surface area contributed by atoms with Gasteiger partial charge in [-0.15, -0.1) is 0 Å². The van der Waals surface area contributed by atoms with Gasteiger partial charge in [0.15, 0.2) is 0 Å². The van der Waals surface area contributed by atoms with E-state index in [2.05, 4.69) is 30.3 Å². The Balaban J connectivity index is 2.08. The van der Waals surface area contributed by atoms with Crippen molar-refractivity contribution in [3.8, 4) is 0 Å². The molecule has 106 valence electrons. The molecular formula is C20H14O2. The molecule has 2 heteroatoms. The molecule has 0 saturated carbocycles. The summed E-state index contributed by atoms with van der Waals surface area (Å²) in [6, 6.07) is 20.5. The summed E-state index contributed by atoms with van der Waals surface area (Å²) in [6.07, 6.45) is -1.69. The summed E-state index contributed by atoms with van der Waals surface area (Å²) < 4.78 is 0.